The fraction of sp³-hybridized carbons (Fsp3) is 0.154. The molecule has 2 heterocycles. The molecular weight excluding hydrogens is 202 g/mol. The molecule has 0 saturated carbocycles. The molecule has 0 saturated heterocycles. The number of aromatic nitrogens is 1. The summed E-state index contributed by atoms with van der Waals surface area (Å²) < 4.78 is 0. The van der Waals surface area contributed by atoms with Crippen molar-refractivity contribution in [1.82, 2.24) is 4.98 Å². The Balaban J connectivity index is 2.25. The Morgan fingerprint density at radius 3 is 2.67 bits per heavy atom. The Morgan fingerprint density at radius 1 is 1.13 bits per heavy atom. The minimum absolute atomic E-state index is 1.00. The van der Waals surface area contributed by atoms with Crippen LogP contribution in [0, 0.1) is 25.7 Å². The standard InChI is InChI=1S/C13H11NS/c1-10-9-12(7-8-14-10)4-6-13-5-3-11(2)15-13/h3,5,7-9H,1-2H3. The Hall–Kier alpha value is -1.59. The van der Waals surface area contributed by atoms with Crippen molar-refractivity contribution in [1.29, 1.82) is 0 Å². The number of rotatable bonds is 0. The molecule has 0 amide bonds. The predicted molar refractivity (Wildman–Crippen MR) is 64.0 cm³/mol. The molecule has 0 aliphatic carbocycles. The molecule has 74 valence electrons. The zero-order valence-corrected chi connectivity index (χ0v) is 9.56. The molecule has 2 aromatic rings. The van der Waals surface area contributed by atoms with Gasteiger partial charge < -0.3 is 0 Å². The van der Waals surface area contributed by atoms with Gasteiger partial charge in [0.1, 0.15) is 0 Å². The molecule has 0 aromatic carbocycles. The summed E-state index contributed by atoms with van der Waals surface area (Å²) in [5, 5.41) is 0. The van der Waals surface area contributed by atoms with Crippen LogP contribution in [0.25, 0.3) is 0 Å². The molecule has 0 radical (unpaired) electrons. The van der Waals surface area contributed by atoms with E-state index in [1.54, 1.807) is 17.5 Å². The van der Waals surface area contributed by atoms with E-state index in [4.69, 9.17) is 0 Å². The van der Waals surface area contributed by atoms with Gasteiger partial charge in [-0.3, -0.25) is 4.98 Å². The molecule has 0 bridgehead atoms. The second-order valence-electron chi connectivity index (χ2n) is 3.35. The zero-order chi connectivity index (χ0) is 10.7. The lowest BCUT2D eigenvalue weighted by Gasteiger charge is -1.90. The molecule has 15 heavy (non-hydrogen) atoms. The highest BCUT2D eigenvalue weighted by atomic mass is 32.1. The van der Waals surface area contributed by atoms with Crippen molar-refractivity contribution < 1.29 is 0 Å². The van der Waals surface area contributed by atoms with E-state index in [-0.39, 0.29) is 0 Å². The maximum Gasteiger partial charge on any atom is 0.0775 e. The van der Waals surface area contributed by atoms with Crippen LogP contribution in [-0.4, -0.2) is 4.98 Å². The fourth-order valence-corrected chi connectivity index (χ4v) is 1.98. The van der Waals surface area contributed by atoms with Crippen molar-refractivity contribution in [2.75, 3.05) is 0 Å². The third kappa shape index (κ3) is 2.68. The minimum atomic E-state index is 1.00. The fourth-order valence-electron chi connectivity index (χ4n) is 1.26. The van der Waals surface area contributed by atoms with Gasteiger partial charge >= 0.3 is 0 Å². The van der Waals surface area contributed by atoms with Gasteiger partial charge in [0, 0.05) is 22.3 Å². The van der Waals surface area contributed by atoms with Gasteiger partial charge in [0.05, 0.1) is 4.88 Å². The first kappa shape index (κ1) is 9.95. The lowest BCUT2D eigenvalue weighted by atomic mass is 10.2. The zero-order valence-electron chi connectivity index (χ0n) is 8.74. The predicted octanol–water partition coefficient (Wildman–Crippen LogP) is 3.16. The summed E-state index contributed by atoms with van der Waals surface area (Å²) in [6.07, 6.45) is 1.79. The van der Waals surface area contributed by atoms with Crippen LogP contribution >= 0.6 is 11.3 Å². The summed E-state index contributed by atoms with van der Waals surface area (Å²) in [7, 11) is 0. The van der Waals surface area contributed by atoms with Crippen LogP contribution < -0.4 is 0 Å². The summed E-state index contributed by atoms with van der Waals surface area (Å²) in [5.41, 5.74) is 2.03. The summed E-state index contributed by atoms with van der Waals surface area (Å²) in [5.74, 6) is 6.29. The van der Waals surface area contributed by atoms with Crippen LogP contribution in [0.3, 0.4) is 0 Å². The number of pyridine rings is 1. The maximum atomic E-state index is 4.13. The van der Waals surface area contributed by atoms with Crippen LogP contribution in [0.15, 0.2) is 30.5 Å². The summed E-state index contributed by atoms with van der Waals surface area (Å²) in [6.45, 7) is 4.06. The molecule has 1 nitrogen and oxygen atoms in total. The molecule has 0 unspecified atom stereocenters. The number of hydrogen-bond donors (Lipinski definition) is 0. The lowest BCUT2D eigenvalue weighted by Crippen LogP contribution is -1.80. The molecule has 2 rings (SSSR count). The monoisotopic (exact) mass is 213 g/mol. The smallest absolute Gasteiger partial charge is 0.0775 e. The Bertz CT molecular complexity index is 529. The highest BCUT2D eigenvalue weighted by Crippen LogP contribution is 2.13. The molecule has 0 spiro atoms. The maximum absolute atomic E-state index is 4.13. The summed E-state index contributed by atoms with van der Waals surface area (Å²) in [6, 6.07) is 8.07. The van der Waals surface area contributed by atoms with E-state index in [0.29, 0.717) is 0 Å². The summed E-state index contributed by atoms with van der Waals surface area (Å²) >= 11 is 1.72. The minimum Gasteiger partial charge on any atom is -0.262 e. The second-order valence-corrected chi connectivity index (χ2v) is 4.63. The van der Waals surface area contributed by atoms with Crippen molar-refractivity contribution in [3.05, 3.63) is 51.5 Å². The number of nitrogens with zero attached hydrogens (tertiary/aromatic N) is 1. The van der Waals surface area contributed by atoms with Crippen LogP contribution in [0.5, 0.6) is 0 Å². The Labute approximate surface area is 93.8 Å². The first-order valence-electron chi connectivity index (χ1n) is 4.75. The second kappa shape index (κ2) is 4.29. The van der Waals surface area contributed by atoms with Gasteiger partial charge in [-0.2, -0.15) is 0 Å². The van der Waals surface area contributed by atoms with E-state index in [1.807, 2.05) is 19.1 Å². The van der Waals surface area contributed by atoms with Crippen LogP contribution in [-0.2, 0) is 0 Å². The SMILES string of the molecule is Cc1cc(C#Cc2ccc(C)s2)ccn1. The van der Waals surface area contributed by atoms with Crippen molar-refractivity contribution >= 4 is 11.3 Å². The number of aryl methyl sites for hydroxylation is 2. The van der Waals surface area contributed by atoms with Gasteiger partial charge in [0.2, 0.25) is 0 Å². The van der Waals surface area contributed by atoms with Crippen LogP contribution in [0.2, 0.25) is 0 Å². The molecule has 0 atom stereocenters. The van der Waals surface area contributed by atoms with Crippen LogP contribution in [0.1, 0.15) is 21.0 Å². The normalized spacial score (nSPS) is 9.47. The van der Waals surface area contributed by atoms with Crippen LogP contribution in [0.4, 0.5) is 0 Å². The Morgan fingerprint density at radius 2 is 2.00 bits per heavy atom. The molecule has 0 aliphatic heterocycles. The van der Waals surface area contributed by atoms with E-state index in [9.17, 15) is 0 Å². The van der Waals surface area contributed by atoms with Crippen molar-refractivity contribution in [2.24, 2.45) is 0 Å². The van der Waals surface area contributed by atoms with E-state index in [2.05, 4.69) is 35.9 Å². The number of hydrogen-bond acceptors (Lipinski definition) is 2. The average molecular weight is 213 g/mol. The topological polar surface area (TPSA) is 12.9 Å². The third-order valence-corrected chi connectivity index (χ3v) is 2.88. The molecule has 2 heteroatoms. The largest absolute Gasteiger partial charge is 0.262 e. The highest BCUT2D eigenvalue weighted by Gasteiger charge is 1.91. The van der Waals surface area contributed by atoms with Gasteiger partial charge in [-0.15, -0.1) is 11.3 Å². The summed E-state index contributed by atoms with van der Waals surface area (Å²) in [4.78, 5) is 6.54. The van der Waals surface area contributed by atoms with Crippen molar-refractivity contribution in [2.45, 2.75) is 13.8 Å². The first-order valence-corrected chi connectivity index (χ1v) is 5.57. The average Bonchev–Trinajstić information content (AvgIpc) is 2.62. The quantitative estimate of drug-likeness (QED) is 0.613. The highest BCUT2D eigenvalue weighted by molar-refractivity contribution is 7.12. The van der Waals surface area contributed by atoms with Gasteiger partial charge in [-0.25, -0.2) is 0 Å². The Kier molecular flexibility index (Phi) is 2.84. The van der Waals surface area contributed by atoms with Gasteiger partial charge in [0.15, 0.2) is 0 Å². The third-order valence-electron chi connectivity index (χ3n) is 1.97. The molecule has 0 N–H and O–H groups in total. The molecular formula is C13H11NS. The molecule has 0 fully saturated rings. The molecule has 2 aromatic heterocycles. The van der Waals surface area contributed by atoms with Crippen molar-refractivity contribution in [3.63, 3.8) is 0 Å². The van der Waals surface area contributed by atoms with Gasteiger partial charge in [-0.05, 0) is 38.1 Å². The van der Waals surface area contributed by atoms with Gasteiger partial charge in [-0.1, -0.05) is 11.8 Å². The lowest BCUT2D eigenvalue weighted by molar-refractivity contribution is 1.19. The van der Waals surface area contributed by atoms with E-state index in [1.165, 1.54) is 4.88 Å². The van der Waals surface area contributed by atoms with E-state index in [0.717, 1.165) is 16.1 Å². The van der Waals surface area contributed by atoms with Gasteiger partial charge in [0.25, 0.3) is 0 Å². The molecule has 0 aliphatic rings. The van der Waals surface area contributed by atoms with E-state index >= 15 is 0 Å². The van der Waals surface area contributed by atoms with E-state index < -0.39 is 0 Å². The number of thiophene rings is 1. The first-order chi connectivity index (χ1) is 7.24. The van der Waals surface area contributed by atoms with Crippen molar-refractivity contribution in [3.8, 4) is 11.8 Å².